The number of phenolic OH excluding ortho intramolecular Hbond substituents is 1. The summed E-state index contributed by atoms with van der Waals surface area (Å²) in [5.41, 5.74) is 4.04. The predicted molar refractivity (Wildman–Crippen MR) is 101 cm³/mol. The SMILES string of the molecule is Oc1ccc(-n2c(-c3ccc(I)cc3)nc3ccccc32)cc1. The van der Waals surface area contributed by atoms with Crippen LogP contribution in [0.4, 0.5) is 0 Å². The first kappa shape index (κ1) is 14.3. The number of aromatic nitrogens is 2. The van der Waals surface area contributed by atoms with Gasteiger partial charge in [0.2, 0.25) is 0 Å². The van der Waals surface area contributed by atoms with Crippen LogP contribution in [0.15, 0.2) is 72.8 Å². The van der Waals surface area contributed by atoms with Crippen LogP contribution in [-0.4, -0.2) is 14.7 Å². The van der Waals surface area contributed by atoms with Gasteiger partial charge in [0.05, 0.1) is 11.0 Å². The number of hydrogen-bond donors (Lipinski definition) is 1. The molecule has 1 aromatic heterocycles. The summed E-state index contributed by atoms with van der Waals surface area (Å²) in [5.74, 6) is 1.15. The Kier molecular flexibility index (Phi) is 3.53. The van der Waals surface area contributed by atoms with Crippen molar-refractivity contribution in [3.63, 3.8) is 0 Å². The van der Waals surface area contributed by atoms with Gasteiger partial charge in [0.25, 0.3) is 0 Å². The lowest BCUT2D eigenvalue weighted by Crippen LogP contribution is -1.97. The molecule has 0 unspecified atom stereocenters. The minimum Gasteiger partial charge on any atom is -0.508 e. The highest BCUT2D eigenvalue weighted by atomic mass is 127. The van der Waals surface area contributed by atoms with Crippen LogP contribution in [0.25, 0.3) is 28.1 Å². The Labute approximate surface area is 147 Å². The van der Waals surface area contributed by atoms with Gasteiger partial charge in [-0.15, -0.1) is 0 Å². The van der Waals surface area contributed by atoms with Crippen molar-refractivity contribution in [3.05, 3.63) is 76.4 Å². The molecule has 112 valence electrons. The number of hydrogen-bond acceptors (Lipinski definition) is 2. The average Bonchev–Trinajstić information content (AvgIpc) is 2.96. The van der Waals surface area contributed by atoms with E-state index in [1.807, 2.05) is 30.3 Å². The molecule has 23 heavy (non-hydrogen) atoms. The molecule has 0 aliphatic heterocycles. The van der Waals surface area contributed by atoms with E-state index < -0.39 is 0 Å². The molecule has 0 saturated carbocycles. The van der Waals surface area contributed by atoms with Gasteiger partial charge in [-0.2, -0.15) is 0 Å². The highest BCUT2D eigenvalue weighted by Gasteiger charge is 2.13. The van der Waals surface area contributed by atoms with Gasteiger partial charge >= 0.3 is 0 Å². The molecule has 4 heteroatoms. The standard InChI is InChI=1S/C19H13IN2O/c20-14-7-5-13(6-8-14)19-21-17-3-1-2-4-18(17)22(19)15-9-11-16(23)12-10-15/h1-12,23H. The molecule has 0 fully saturated rings. The van der Waals surface area contributed by atoms with E-state index >= 15 is 0 Å². The van der Waals surface area contributed by atoms with Gasteiger partial charge in [-0.05, 0) is 71.1 Å². The minimum atomic E-state index is 0.258. The first-order chi connectivity index (χ1) is 11.2. The Bertz CT molecular complexity index is 973. The minimum absolute atomic E-state index is 0.258. The molecule has 0 amide bonds. The molecule has 3 aromatic carbocycles. The molecular weight excluding hydrogens is 399 g/mol. The van der Waals surface area contributed by atoms with E-state index in [2.05, 4.69) is 57.5 Å². The topological polar surface area (TPSA) is 38.0 Å². The molecule has 1 heterocycles. The zero-order valence-corrected chi connectivity index (χ0v) is 14.3. The van der Waals surface area contributed by atoms with Crippen molar-refractivity contribution in [2.24, 2.45) is 0 Å². The number of rotatable bonds is 2. The molecular formula is C19H13IN2O. The quantitative estimate of drug-likeness (QED) is 0.471. The van der Waals surface area contributed by atoms with Gasteiger partial charge in [0.15, 0.2) is 0 Å². The maximum atomic E-state index is 9.56. The lowest BCUT2D eigenvalue weighted by Gasteiger charge is -2.10. The second kappa shape index (κ2) is 5.70. The van der Waals surface area contributed by atoms with Crippen molar-refractivity contribution in [2.45, 2.75) is 0 Å². The fourth-order valence-corrected chi connectivity index (χ4v) is 3.04. The number of para-hydroxylation sites is 2. The molecule has 0 atom stereocenters. The zero-order chi connectivity index (χ0) is 15.8. The van der Waals surface area contributed by atoms with Crippen molar-refractivity contribution in [1.29, 1.82) is 0 Å². The van der Waals surface area contributed by atoms with Gasteiger partial charge in [0.1, 0.15) is 11.6 Å². The number of nitrogens with zero attached hydrogens (tertiary/aromatic N) is 2. The van der Waals surface area contributed by atoms with E-state index in [-0.39, 0.29) is 5.75 Å². The summed E-state index contributed by atoms with van der Waals surface area (Å²) in [7, 11) is 0. The summed E-state index contributed by atoms with van der Waals surface area (Å²) in [6.07, 6.45) is 0. The van der Waals surface area contributed by atoms with E-state index in [4.69, 9.17) is 4.98 Å². The van der Waals surface area contributed by atoms with Crippen LogP contribution in [0.1, 0.15) is 0 Å². The smallest absolute Gasteiger partial charge is 0.145 e. The Balaban J connectivity index is 2.01. The van der Waals surface area contributed by atoms with Gasteiger partial charge in [-0.1, -0.05) is 24.3 Å². The number of imidazole rings is 1. The monoisotopic (exact) mass is 412 g/mol. The van der Waals surface area contributed by atoms with Gasteiger partial charge < -0.3 is 5.11 Å². The fourth-order valence-electron chi connectivity index (χ4n) is 2.68. The zero-order valence-electron chi connectivity index (χ0n) is 12.1. The Morgan fingerprint density at radius 3 is 2.26 bits per heavy atom. The lowest BCUT2D eigenvalue weighted by molar-refractivity contribution is 0.475. The van der Waals surface area contributed by atoms with E-state index in [0.29, 0.717) is 0 Å². The first-order valence-electron chi connectivity index (χ1n) is 7.25. The summed E-state index contributed by atoms with van der Waals surface area (Å²) in [6.45, 7) is 0. The van der Waals surface area contributed by atoms with Crippen LogP contribution >= 0.6 is 22.6 Å². The normalized spacial score (nSPS) is 11.0. The van der Waals surface area contributed by atoms with Gasteiger partial charge in [-0.3, -0.25) is 4.57 Å². The van der Waals surface area contributed by atoms with Crippen LogP contribution in [0.2, 0.25) is 0 Å². The predicted octanol–water partition coefficient (Wildman–Crippen LogP) is 5.00. The van der Waals surface area contributed by atoms with Crippen molar-refractivity contribution in [2.75, 3.05) is 0 Å². The molecule has 0 bridgehead atoms. The second-order valence-electron chi connectivity index (χ2n) is 5.28. The van der Waals surface area contributed by atoms with E-state index in [1.54, 1.807) is 12.1 Å². The molecule has 4 rings (SSSR count). The number of benzene rings is 3. The van der Waals surface area contributed by atoms with E-state index in [1.165, 1.54) is 3.57 Å². The average molecular weight is 412 g/mol. The highest BCUT2D eigenvalue weighted by Crippen LogP contribution is 2.29. The van der Waals surface area contributed by atoms with Gasteiger partial charge in [0, 0.05) is 14.8 Å². The van der Waals surface area contributed by atoms with Crippen molar-refractivity contribution < 1.29 is 5.11 Å². The Morgan fingerprint density at radius 2 is 1.52 bits per heavy atom. The second-order valence-corrected chi connectivity index (χ2v) is 6.53. The molecule has 0 saturated heterocycles. The van der Waals surface area contributed by atoms with Crippen LogP contribution in [0, 0.1) is 3.57 Å². The maximum absolute atomic E-state index is 9.56. The molecule has 4 aromatic rings. The third-order valence-corrected chi connectivity index (χ3v) is 4.49. The molecule has 1 N–H and O–H groups in total. The van der Waals surface area contributed by atoms with Crippen molar-refractivity contribution >= 4 is 33.6 Å². The van der Waals surface area contributed by atoms with Crippen LogP contribution in [0.5, 0.6) is 5.75 Å². The van der Waals surface area contributed by atoms with Crippen molar-refractivity contribution in [3.8, 4) is 22.8 Å². The first-order valence-corrected chi connectivity index (χ1v) is 8.33. The Morgan fingerprint density at radius 1 is 0.826 bits per heavy atom. The molecule has 0 aliphatic rings. The summed E-state index contributed by atoms with van der Waals surface area (Å²) in [5, 5.41) is 9.56. The third kappa shape index (κ3) is 2.59. The maximum Gasteiger partial charge on any atom is 0.145 e. The van der Waals surface area contributed by atoms with E-state index in [9.17, 15) is 5.11 Å². The number of phenols is 1. The van der Waals surface area contributed by atoms with E-state index in [0.717, 1.165) is 28.1 Å². The molecule has 0 spiro atoms. The Hall–Kier alpha value is -2.34. The lowest BCUT2D eigenvalue weighted by atomic mass is 10.2. The molecule has 0 radical (unpaired) electrons. The van der Waals surface area contributed by atoms with Gasteiger partial charge in [-0.25, -0.2) is 4.98 Å². The third-order valence-electron chi connectivity index (χ3n) is 3.77. The fraction of sp³-hybridized carbons (Fsp3) is 0. The van der Waals surface area contributed by atoms with Crippen LogP contribution in [-0.2, 0) is 0 Å². The van der Waals surface area contributed by atoms with Crippen molar-refractivity contribution in [1.82, 2.24) is 9.55 Å². The molecule has 0 aliphatic carbocycles. The van der Waals surface area contributed by atoms with Crippen LogP contribution in [0.3, 0.4) is 0 Å². The summed E-state index contributed by atoms with van der Waals surface area (Å²) in [6, 6.07) is 23.6. The largest absolute Gasteiger partial charge is 0.508 e. The molecule has 3 nitrogen and oxygen atoms in total. The summed E-state index contributed by atoms with van der Waals surface area (Å²) in [4.78, 5) is 4.81. The number of halogens is 1. The summed E-state index contributed by atoms with van der Waals surface area (Å²) >= 11 is 2.30. The van der Waals surface area contributed by atoms with Crippen LogP contribution < -0.4 is 0 Å². The summed E-state index contributed by atoms with van der Waals surface area (Å²) < 4.78 is 3.32. The number of fused-ring (bicyclic) bond motifs is 1. The number of aromatic hydroxyl groups is 1. The highest BCUT2D eigenvalue weighted by molar-refractivity contribution is 14.1.